The summed E-state index contributed by atoms with van der Waals surface area (Å²) in [6.45, 7) is 7.47. The predicted molar refractivity (Wildman–Crippen MR) is 65.8 cm³/mol. The molecule has 2 N–H and O–H groups in total. The lowest BCUT2D eigenvalue weighted by Gasteiger charge is -2.26. The molecule has 0 saturated carbocycles. The van der Waals surface area contributed by atoms with E-state index in [0.29, 0.717) is 25.7 Å². The van der Waals surface area contributed by atoms with E-state index in [0.717, 1.165) is 0 Å². The first-order valence-electron chi connectivity index (χ1n) is 5.66. The molecule has 4 heteroatoms. The summed E-state index contributed by atoms with van der Waals surface area (Å²) in [6, 6.07) is 0. The van der Waals surface area contributed by atoms with Crippen LogP contribution in [-0.4, -0.2) is 22.2 Å². The molecule has 17 heavy (non-hydrogen) atoms. The summed E-state index contributed by atoms with van der Waals surface area (Å²) in [5.74, 6) is -1.64. The first-order valence-corrected chi connectivity index (χ1v) is 5.66. The molecule has 0 aliphatic rings. The molecule has 0 spiro atoms. The van der Waals surface area contributed by atoms with E-state index >= 15 is 0 Å². The van der Waals surface area contributed by atoms with Crippen LogP contribution in [0.1, 0.15) is 38.5 Å². The van der Waals surface area contributed by atoms with Gasteiger partial charge in [0.15, 0.2) is 0 Å². The van der Waals surface area contributed by atoms with E-state index in [1.165, 1.54) is 0 Å². The van der Waals surface area contributed by atoms with Gasteiger partial charge in [-0.3, -0.25) is 9.59 Å². The quantitative estimate of drug-likeness (QED) is 0.576. The number of allylic oxidation sites excluding steroid dienone is 2. The van der Waals surface area contributed by atoms with Gasteiger partial charge in [-0.05, 0) is 25.7 Å². The van der Waals surface area contributed by atoms with Crippen molar-refractivity contribution in [1.29, 1.82) is 0 Å². The van der Waals surface area contributed by atoms with E-state index in [1.54, 1.807) is 12.2 Å². The van der Waals surface area contributed by atoms with Crippen molar-refractivity contribution in [3.05, 3.63) is 25.3 Å². The SMILES string of the molecule is C=CC(C=C)(CCCC(=O)O)CCCC(=O)O. The molecule has 0 rings (SSSR count). The van der Waals surface area contributed by atoms with Crippen LogP contribution in [0.4, 0.5) is 0 Å². The fourth-order valence-corrected chi connectivity index (χ4v) is 1.75. The predicted octanol–water partition coefficient (Wildman–Crippen LogP) is 2.85. The number of carboxylic acid groups (broad SMARTS) is 2. The minimum absolute atomic E-state index is 0.113. The van der Waals surface area contributed by atoms with Gasteiger partial charge in [0.2, 0.25) is 0 Å². The van der Waals surface area contributed by atoms with Gasteiger partial charge in [-0.15, -0.1) is 13.2 Å². The van der Waals surface area contributed by atoms with Crippen LogP contribution < -0.4 is 0 Å². The van der Waals surface area contributed by atoms with Crippen LogP contribution in [0, 0.1) is 5.41 Å². The van der Waals surface area contributed by atoms with Crippen molar-refractivity contribution in [2.75, 3.05) is 0 Å². The van der Waals surface area contributed by atoms with Crippen LogP contribution in [0.25, 0.3) is 0 Å². The fraction of sp³-hybridized carbons (Fsp3) is 0.538. The summed E-state index contributed by atoms with van der Waals surface area (Å²) < 4.78 is 0. The van der Waals surface area contributed by atoms with E-state index in [9.17, 15) is 9.59 Å². The van der Waals surface area contributed by atoms with Crippen molar-refractivity contribution >= 4 is 11.9 Å². The Morgan fingerprint density at radius 3 is 1.53 bits per heavy atom. The molecule has 0 saturated heterocycles. The third-order valence-corrected chi connectivity index (χ3v) is 2.88. The summed E-state index contributed by atoms with van der Waals surface area (Å²) in [6.07, 6.45) is 6.08. The zero-order chi connectivity index (χ0) is 13.3. The third-order valence-electron chi connectivity index (χ3n) is 2.88. The van der Waals surface area contributed by atoms with Crippen molar-refractivity contribution in [2.24, 2.45) is 5.41 Å². The lowest BCUT2D eigenvalue weighted by Crippen LogP contribution is -2.15. The maximum absolute atomic E-state index is 10.4. The summed E-state index contributed by atoms with van der Waals surface area (Å²) in [4.78, 5) is 20.9. The molecule has 0 bridgehead atoms. The second kappa shape index (κ2) is 7.65. The Morgan fingerprint density at radius 1 is 0.941 bits per heavy atom. The van der Waals surface area contributed by atoms with Crippen LogP contribution in [-0.2, 0) is 9.59 Å². The number of carbonyl (C=O) groups is 2. The van der Waals surface area contributed by atoms with Crippen molar-refractivity contribution in [2.45, 2.75) is 38.5 Å². The van der Waals surface area contributed by atoms with Crippen molar-refractivity contribution < 1.29 is 19.8 Å². The average molecular weight is 240 g/mol. The van der Waals surface area contributed by atoms with Crippen LogP contribution in [0.5, 0.6) is 0 Å². The topological polar surface area (TPSA) is 74.6 Å². The molecule has 0 fully saturated rings. The second-order valence-corrected chi connectivity index (χ2v) is 4.14. The van der Waals surface area contributed by atoms with Gasteiger partial charge in [-0.25, -0.2) is 0 Å². The molecule has 0 radical (unpaired) electrons. The molecule has 0 unspecified atom stereocenters. The van der Waals surface area contributed by atoms with Crippen LogP contribution in [0.15, 0.2) is 25.3 Å². The Kier molecular flexibility index (Phi) is 6.94. The van der Waals surface area contributed by atoms with Crippen LogP contribution in [0.2, 0.25) is 0 Å². The highest BCUT2D eigenvalue weighted by Gasteiger charge is 2.22. The normalized spacial score (nSPS) is 10.8. The number of hydrogen-bond donors (Lipinski definition) is 2. The first kappa shape index (κ1) is 15.4. The molecule has 0 aromatic carbocycles. The van der Waals surface area contributed by atoms with E-state index in [4.69, 9.17) is 10.2 Å². The Labute approximate surface area is 102 Å². The van der Waals surface area contributed by atoms with Gasteiger partial charge in [0, 0.05) is 18.3 Å². The van der Waals surface area contributed by atoms with Crippen molar-refractivity contribution in [1.82, 2.24) is 0 Å². The minimum atomic E-state index is -0.822. The van der Waals surface area contributed by atoms with Gasteiger partial charge in [-0.1, -0.05) is 12.2 Å². The second-order valence-electron chi connectivity index (χ2n) is 4.14. The Morgan fingerprint density at radius 2 is 1.29 bits per heavy atom. The summed E-state index contributed by atoms with van der Waals surface area (Å²) in [5.41, 5.74) is -0.342. The molecule has 0 aromatic rings. The molecule has 96 valence electrons. The average Bonchev–Trinajstić information content (AvgIpc) is 2.26. The van der Waals surface area contributed by atoms with Crippen LogP contribution >= 0.6 is 0 Å². The molecule has 0 aliphatic carbocycles. The lowest BCUT2D eigenvalue weighted by atomic mass is 9.78. The third kappa shape index (κ3) is 6.56. The summed E-state index contributed by atoms with van der Waals surface area (Å²) >= 11 is 0. The summed E-state index contributed by atoms with van der Waals surface area (Å²) in [7, 11) is 0. The highest BCUT2D eigenvalue weighted by Crippen LogP contribution is 2.33. The van der Waals surface area contributed by atoms with E-state index in [-0.39, 0.29) is 18.3 Å². The van der Waals surface area contributed by atoms with Crippen molar-refractivity contribution in [3.8, 4) is 0 Å². The zero-order valence-corrected chi connectivity index (χ0v) is 10.0. The smallest absolute Gasteiger partial charge is 0.303 e. The van der Waals surface area contributed by atoms with E-state index in [1.807, 2.05) is 0 Å². The largest absolute Gasteiger partial charge is 0.481 e. The van der Waals surface area contributed by atoms with Gasteiger partial charge in [-0.2, -0.15) is 0 Å². The molecule has 0 amide bonds. The van der Waals surface area contributed by atoms with Gasteiger partial charge in [0.25, 0.3) is 0 Å². The number of carboxylic acids is 2. The van der Waals surface area contributed by atoms with Gasteiger partial charge >= 0.3 is 11.9 Å². The highest BCUT2D eigenvalue weighted by atomic mass is 16.4. The van der Waals surface area contributed by atoms with Gasteiger partial charge in [0.1, 0.15) is 0 Å². The Balaban J connectivity index is 4.24. The first-order chi connectivity index (χ1) is 7.95. The Hall–Kier alpha value is -1.58. The monoisotopic (exact) mass is 240 g/mol. The fourth-order valence-electron chi connectivity index (χ4n) is 1.75. The standard InChI is InChI=1S/C13H20O4/c1-3-13(4-2,9-5-7-11(14)15)10-6-8-12(16)17/h3-4H,1-2,5-10H2,(H,14,15)(H,16,17). The molecule has 0 aromatic heterocycles. The maximum Gasteiger partial charge on any atom is 0.303 e. The van der Waals surface area contributed by atoms with Crippen molar-refractivity contribution in [3.63, 3.8) is 0 Å². The molecule has 0 atom stereocenters. The highest BCUT2D eigenvalue weighted by molar-refractivity contribution is 5.66. The zero-order valence-electron chi connectivity index (χ0n) is 10.0. The number of rotatable bonds is 10. The lowest BCUT2D eigenvalue weighted by molar-refractivity contribution is -0.138. The Bertz CT molecular complexity index is 264. The summed E-state index contributed by atoms with van der Waals surface area (Å²) in [5, 5.41) is 17.2. The molecule has 0 aliphatic heterocycles. The van der Waals surface area contributed by atoms with E-state index in [2.05, 4.69) is 13.2 Å². The molecular weight excluding hydrogens is 220 g/mol. The number of aliphatic carboxylic acids is 2. The molecular formula is C13H20O4. The van der Waals surface area contributed by atoms with Gasteiger partial charge < -0.3 is 10.2 Å². The van der Waals surface area contributed by atoms with E-state index < -0.39 is 11.9 Å². The minimum Gasteiger partial charge on any atom is -0.481 e. The number of hydrogen-bond acceptors (Lipinski definition) is 2. The maximum atomic E-state index is 10.4. The van der Waals surface area contributed by atoms with Crippen LogP contribution in [0.3, 0.4) is 0 Å². The van der Waals surface area contributed by atoms with Gasteiger partial charge in [0.05, 0.1) is 0 Å². The molecule has 4 nitrogen and oxygen atoms in total. The molecule has 0 heterocycles.